The molecule has 3 heteroatoms. The maximum absolute atomic E-state index is 8.77. The predicted octanol–water partition coefficient (Wildman–Crippen LogP) is 7.63. The molecule has 0 amide bonds. The Kier molecular flexibility index (Phi) is 12.5. The molecule has 0 unspecified atom stereocenters. The Labute approximate surface area is 184 Å². The van der Waals surface area contributed by atoms with Crippen molar-refractivity contribution >= 4 is 10.9 Å². The van der Waals surface area contributed by atoms with E-state index in [1.807, 2.05) is 12.1 Å². The molecule has 0 saturated carbocycles. The van der Waals surface area contributed by atoms with Gasteiger partial charge in [-0.1, -0.05) is 88.8 Å². The smallest absolute Gasteiger partial charge is 0.145 e. The number of aryl methyl sites for hydroxylation is 1. The van der Waals surface area contributed by atoms with Gasteiger partial charge >= 0.3 is 0 Å². The summed E-state index contributed by atoms with van der Waals surface area (Å²) in [6, 6.07) is 10.5. The molecule has 1 heterocycles. The van der Waals surface area contributed by atoms with Gasteiger partial charge < -0.3 is 9.84 Å². The van der Waals surface area contributed by atoms with Gasteiger partial charge in [0.1, 0.15) is 11.3 Å². The molecule has 2 aromatic rings. The van der Waals surface area contributed by atoms with E-state index in [2.05, 4.69) is 32.0 Å². The quantitative estimate of drug-likeness (QED) is 0.271. The van der Waals surface area contributed by atoms with Crippen LogP contribution in [0.15, 0.2) is 30.3 Å². The molecule has 1 aromatic heterocycles. The number of unbranched alkanes of at least 4 members (excludes halogenated alkanes) is 12. The second-order valence-corrected chi connectivity index (χ2v) is 8.87. The third kappa shape index (κ3) is 9.93. The Morgan fingerprint density at radius 1 is 0.733 bits per heavy atom. The Balaban J connectivity index is 1.54. The molecule has 0 aliphatic carbocycles. The maximum atomic E-state index is 8.77. The van der Waals surface area contributed by atoms with Crippen LogP contribution in [0.3, 0.4) is 0 Å². The van der Waals surface area contributed by atoms with Crippen LogP contribution in [0, 0.1) is 0 Å². The van der Waals surface area contributed by atoms with Crippen LogP contribution in [0.4, 0.5) is 0 Å². The van der Waals surface area contributed by atoms with Crippen LogP contribution < -0.4 is 4.74 Å². The van der Waals surface area contributed by atoms with Crippen LogP contribution in [0.25, 0.3) is 10.9 Å². The summed E-state index contributed by atoms with van der Waals surface area (Å²) >= 11 is 0. The number of para-hydroxylation sites is 1. The van der Waals surface area contributed by atoms with E-state index in [1.54, 1.807) is 0 Å². The molecule has 30 heavy (non-hydrogen) atoms. The van der Waals surface area contributed by atoms with E-state index in [-0.39, 0.29) is 6.10 Å². The van der Waals surface area contributed by atoms with Crippen molar-refractivity contribution in [1.29, 1.82) is 0 Å². The lowest BCUT2D eigenvalue weighted by Gasteiger charge is -2.12. The van der Waals surface area contributed by atoms with Crippen LogP contribution in [-0.2, 0) is 6.42 Å². The van der Waals surface area contributed by atoms with E-state index >= 15 is 0 Å². The van der Waals surface area contributed by atoms with E-state index in [9.17, 15) is 0 Å². The van der Waals surface area contributed by atoms with Crippen LogP contribution in [0.1, 0.15) is 103 Å². The number of rotatable bonds is 17. The fourth-order valence-electron chi connectivity index (χ4n) is 4.01. The molecule has 0 bridgehead atoms. The summed E-state index contributed by atoms with van der Waals surface area (Å²) in [6.07, 6.45) is 18.2. The number of aromatic nitrogens is 1. The molecule has 1 aromatic carbocycles. The molecule has 0 fully saturated rings. The molecule has 0 aliphatic rings. The minimum Gasteiger partial charge on any atom is -0.489 e. The SMILES string of the molecule is CC(C)Oc1cccc2ccc(CCCCCCCCCCCCCCCO)nc12. The topological polar surface area (TPSA) is 42.4 Å². The first kappa shape index (κ1) is 24.7. The Bertz CT molecular complexity index is 698. The first-order valence-corrected chi connectivity index (χ1v) is 12.4. The van der Waals surface area contributed by atoms with Crippen molar-refractivity contribution in [2.45, 2.75) is 110 Å². The zero-order chi connectivity index (χ0) is 21.4. The van der Waals surface area contributed by atoms with Gasteiger partial charge in [0, 0.05) is 17.7 Å². The standard InChI is InChI=1S/C27H43NO2/c1-23(2)30-26-19-16-17-24-20-21-25(28-27(24)26)18-14-12-10-8-6-4-3-5-7-9-11-13-15-22-29/h16-17,19-21,23,29H,3-15,18,22H2,1-2H3. The molecule has 3 nitrogen and oxygen atoms in total. The van der Waals surface area contributed by atoms with Crippen LogP contribution >= 0.6 is 0 Å². The van der Waals surface area contributed by atoms with Gasteiger partial charge in [-0.2, -0.15) is 0 Å². The zero-order valence-electron chi connectivity index (χ0n) is 19.4. The second kappa shape index (κ2) is 15.2. The summed E-state index contributed by atoms with van der Waals surface area (Å²) in [6.45, 7) is 4.47. The molecule has 168 valence electrons. The van der Waals surface area contributed by atoms with Crippen molar-refractivity contribution in [3.63, 3.8) is 0 Å². The van der Waals surface area contributed by atoms with Gasteiger partial charge in [-0.05, 0) is 45.2 Å². The number of nitrogens with zero attached hydrogens (tertiary/aromatic N) is 1. The number of aliphatic hydroxyl groups is 1. The minimum atomic E-state index is 0.165. The Morgan fingerprint density at radius 3 is 1.87 bits per heavy atom. The largest absolute Gasteiger partial charge is 0.489 e. The monoisotopic (exact) mass is 413 g/mol. The maximum Gasteiger partial charge on any atom is 0.145 e. The first-order chi connectivity index (χ1) is 14.7. The summed E-state index contributed by atoms with van der Waals surface area (Å²) in [5, 5.41) is 9.92. The lowest BCUT2D eigenvalue weighted by molar-refractivity contribution is 0.245. The van der Waals surface area contributed by atoms with Crippen LogP contribution in [0.2, 0.25) is 0 Å². The van der Waals surface area contributed by atoms with E-state index < -0.39 is 0 Å². The summed E-state index contributed by atoms with van der Waals surface area (Å²) in [5.41, 5.74) is 2.18. The van der Waals surface area contributed by atoms with Gasteiger partial charge in [-0.15, -0.1) is 0 Å². The third-order valence-corrected chi connectivity index (χ3v) is 5.69. The number of fused-ring (bicyclic) bond motifs is 1. The molecule has 0 atom stereocenters. The van der Waals surface area contributed by atoms with Gasteiger partial charge in [0.05, 0.1) is 6.10 Å². The van der Waals surface area contributed by atoms with Crippen molar-refractivity contribution in [2.24, 2.45) is 0 Å². The number of ether oxygens (including phenoxy) is 1. The molecular weight excluding hydrogens is 370 g/mol. The molecule has 0 spiro atoms. The number of hydrogen-bond donors (Lipinski definition) is 1. The van der Waals surface area contributed by atoms with Gasteiger partial charge in [-0.25, -0.2) is 4.98 Å². The molecule has 0 radical (unpaired) electrons. The van der Waals surface area contributed by atoms with Crippen molar-refractivity contribution in [1.82, 2.24) is 4.98 Å². The highest BCUT2D eigenvalue weighted by Gasteiger charge is 2.07. The number of pyridine rings is 1. The molecule has 0 saturated heterocycles. The van der Waals surface area contributed by atoms with Crippen molar-refractivity contribution in [3.05, 3.63) is 36.0 Å². The van der Waals surface area contributed by atoms with Crippen molar-refractivity contribution in [3.8, 4) is 5.75 Å². The van der Waals surface area contributed by atoms with E-state index in [0.717, 1.165) is 29.5 Å². The highest BCUT2D eigenvalue weighted by molar-refractivity contribution is 5.84. The highest BCUT2D eigenvalue weighted by atomic mass is 16.5. The molecule has 2 rings (SSSR count). The molecule has 1 N–H and O–H groups in total. The number of aliphatic hydroxyl groups excluding tert-OH is 1. The van der Waals surface area contributed by atoms with Gasteiger partial charge in [0.25, 0.3) is 0 Å². The number of benzene rings is 1. The van der Waals surface area contributed by atoms with E-state index in [0.29, 0.717) is 6.61 Å². The molecular formula is C27H43NO2. The summed E-state index contributed by atoms with van der Waals surface area (Å²) in [4.78, 5) is 4.89. The van der Waals surface area contributed by atoms with E-state index in [1.165, 1.54) is 82.7 Å². The highest BCUT2D eigenvalue weighted by Crippen LogP contribution is 2.25. The molecule has 0 aliphatic heterocycles. The lowest BCUT2D eigenvalue weighted by atomic mass is 10.0. The normalized spacial score (nSPS) is 11.5. The second-order valence-electron chi connectivity index (χ2n) is 8.87. The van der Waals surface area contributed by atoms with Gasteiger partial charge in [0.2, 0.25) is 0 Å². The average Bonchev–Trinajstić information content (AvgIpc) is 2.74. The van der Waals surface area contributed by atoms with Crippen LogP contribution in [-0.4, -0.2) is 22.8 Å². The van der Waals surface area contributed by atoms with Gasteiger partial charge in [0.15, 0.2) is 0 Å². The van der Waals surface area contributed by atoms with Gasteiger partial charge in [-0.3, -0.25) is 0 Å². The zero-order valence-corrected chi connectivity index (χ0v) is 19.4. The third-order valence-electron chi connectivity index (χ3n) is 5.69. The lowest BCUT2D eigenvalue weighted by Crippen LogP contribution is -2.06. The van der Waals surface area contributed by atoms with Crippen molar-refractivity contribution in [2.75, 3.05) is 6.61 Å². The summed E-state index contributed by atoms with van der Waals surface area (Å²) in [5.74, 6) is 0.898. The van der Waals surface area contributed by atoms with Crippen molar-refractivity contribution < 1.29 is 9.84 Å². The van der Waals surface area contributed by atoms with E-state index in [4.69, 9.17) is 14.8 Å². The Morgan fingerprint density at radius 2 is 1.30 bits per heavy atom. The fraction of sp³-hybridized carbons (Fsp3) is 0.667. The average molecular weight is 414 g/mol. The predicted molar refractivity (Wildman–Crippen MR) is 128 cm³/mol. The summed E-state index contributed by atoms with van der Waals surface area (Å²) in [7, 11) is 0. The van der Waals surface area contributed by atoms with Crippen LogP contribution in [0.5, 0.6) is 5.75 Å². The first-order valence-electron chi connectivity index (χ1n) is 12.4. The minimum absolute atomic E-state index is 0.165. The number of hydrogen-bond acceptors (Lipinski definition) is 3. The summed E-state index contributed by atoms with van der Waals surface area (Å²) < 4.78 is 5.94. The Hall–Kier alpha value is -1.61. The fourth-order valence-corrected chi connectivity index (χ4v) is 4.01.